The predicted octanol–water partition coefficient (Wildman–Crippen LogP) is 2.73. The lowest BCUT2D eigenvalue weighted by Crippen LogP contribution is -2.24. The van der Waals surface area contributed by atoms with Crippen LogP contribution in [0.15, 0.2) is 0 Å². The molecule has 1 unspecified atom stereocenters. The molecule has 0 aromatic rings. The van der Waals surface area contributed by atoms with Gasteiger partial charge in [0.15, 0.2) is 0 Å². The lowest BCUT2D eigenvalue weighted by molar-refractivity contribution is -0.174. The summed E-state index contributed by atoms with van der Waals surface area (Å²) in [5.74, 6) is 0. The summed E-state index contributed by atoms with van der Waals surface area (Å²) in [6, 6.07) is 0.465. The summed E-state index contributed by atoms with van der Waals surface area (Å²) in [6.45, 7) is 1.15. The first-order valence-electron chi connectivity index (χ1n) is 5.31. The highest BCUT2D eigenvalue weighted by Crippen LogP contribution is 2.14. The first-order chi connectivity index (χ1) is 6.99. The third kappa shape index (κ3) is 10.0. The van der Waals surface area contributed by atoms with Crippen molar-refractivity contribution in [2.75, 3.05) is 20.3 Å². The Hall–Kier alpha value is -0.290. The molecule has 0 amide bonds. The van der Waals surface area contributed by atoms with Gasteiger partial charge in [-0.1, -0.05) is 6.92 Å². The summed E-state index contributed by atoms with van der Waals surface area (Å²) in [5.41, 5.74) is 0. The van der Waals surface area contributed by atoms with Crippen molar-refractivity contribution in [3.63, 3.8) is 0 Å². The average Bonchev–Trinajstić information content (AvgIpc) is 2.15. The van der Waals surface area contributed by atoms with Crippen LogP contribution in [0.25, 0.3) is 0 Å². The van der Waals surface area contributed by atoms with Gasteiger partial charge in [-0.3, -0.25) is 0 Å². The maximum atomic E-state index is 11.7. The van der Waals surface area contributed by atoms with Crippen LogP contribution in [-0.2, 0) is 4.74 Å². The molecule has 0 heterocycles. The maximum absolute atomic E-state index is 11.7. The molecule has 0 fully saturated rings. The molecule has 0 bridgehead atoms. The fraction of sp³-hybridized carbons (Fsp3) is 1.00. The van der Waals surface area contributed by atoms with E-state index in [1.54, 1.807) is 0 Å². The second-order valence-electron chi connectivity index (χ2n) is 3.56. The van der Waals surface area contributed by atoms with Crippen LogP contribution in [0, 0.1) is 0 Å². The van der Waals surface area contributed by atoms with Gasteiger partial charge in [-0.2, -0.15) is 13.2 Å². The highest BCUT2D eigenvalue weighted by Gasteiger charge is 2.27. The second kappa shape index (κ2) is 7.93. The molecule has 0 saturated carbocycles. The predicted molar refractivity (Wildman–Crippen MR) is 53.9 cm³/mol. The normalized spacial score (nSPS) is 14.2. The second-order valence-corrected chi connectivity index (χ2v) is 3.56. The van der Waals surface area contributed by atoms with Crippen molar-refractivity contribution in [1.82, 2.24) is 5.32 Å². The van der Waals surface area contributed by atoms with E-state index in [-0.39, 0.29) is 6.61 Å². The third-order valence-electron chi connectivity index (χ3n) is 2.26. The first kappa shape index (κ1) is 14.7. The Morgan fingerprint density at radius 3 is 2.40 bits per heavy atom. The van der Waals surface area contributed by atoms with Crippen molar-refractivity contribution in [3.8, 4) is 0 Å². The number of rotatable bonds is 8. The zero-order chi connectivity index (χ0) is 11.7. The summed E-state index contributed by atoms with van der Waals surface area (Å²) in [7, 11) is 1.90. The average molecular weight is 227 g/mol. The largest absolute Gasteiger partial charge is 0.411 e. The van der Waals surface area contributed by atoms with E-state index in [9.17, 15) is 13.2 Å². The van der Waals surface area contributed by atoms with Gasteiger partial charge in [-0.15, -0.1) is 0 Å². The Kier molecular flexibility index (Phi) is 7.78. The van der Waals surface area contributed by atoms with Gasteiger partial charge in [0, 0.05) is 12.6 Å². The topological polar surface area (TPSA) is 21.3 Å². The van der Waals surface area contributed by atoms with Crippen molar-refractivity contribution < 1.29 is 17.9 Å². The molecule has 0 spiro atoms. The van der Waals surface area contributed by atoms with Crippen LogP contribution in [-0.4, -0.2) is 32.5 Å². The van der Waals surface area contributed by atoms with Gasteiger partial charge in [-0.25, -0.2) is 0 Å². The van der Waals surface area contributed by atoms with Crippen LogP contribution < -0.4 is 5.32 Å². The molecule has 15 heavy (non-hydrogen) atoms. The molecular formula is C10H20F3NO. The van der Waals surface area contributed by atoms with Gasteiger partial charge >= 0.3 is 6.18 Å². The minimum atomic E-state index is -4.20. The molecule has 0 saturated heterocycles. The molecule has 92 valence electrons. The maximum Gasteiger partial charge on any atom is 0.411 e. The van der Waals surface area contributed by atoms with E-state index in [2.05, 4.69) is 17.0 Å². The van der Waals surface area contributed by atoms with Crippen LogP contribution in [0.1, 0.15) is 32.6 Å². The Morgan fingerprint density at radius 1 is 1.27 bits per heavy atom. The number of halogens is 3. The number of hydrogen-bond acceptors (Lipinski definition) is 2. The van der Waals surface area contributed by atoms with Crippen molar-refractivity contribution in [2.45, 2.75) is 44.8 Å². The van der Waals surface area contributed by atoms with Crippen LogP contribution in [0.4, 0.5) is 13.2 Å². The zero-order valence-corrected chi connectivity index (χ0v) is 9.36. The zero-order valence-electron chi connectivity index (χ0n) is 9.36. The fourth-order valence-electron chi connectivity index (χ4n) is 1.34. The number of unbranched alkanes of at least 4 members (excludes halogenated alkanes) is 1. The summed E-state index contributed by atoms with van der Waals surface area (Å²) in [4.78, 5) is 0. The highest BCUT2D eigenvalue weighted by atomic mass is 19.4. The van der Waals surface area contributed by atoms with Crippen molar-refractivity contribution in [1.29, 1.82) is 0 Å². The van der Waals surface area contributed by atoms with E-state index in [0.29, 0.717) is 12.5 Å². The summed E-state index contributed by atoms with van der Waals surface area (Å²) >= 11 is 0. The molecule has 1 N–H and O–H groups in total. The van der Waals surface area contributed by atoms with E-state index in [1.807, 2.05) is 7.05 Å². The van der Waals surface area contributed by atoms with E-state index in [1.165, 1.54) is 0 Å². The molecule has 0 aromatic carbocycles. The monoisotopic (exact) mass is 227 g/mol. The van der Waals surface area contributed by atoms with E-state index >= 15 is 0 Å². The Bertz CT molecular complexity index is 146. The molecule has 0 radical (unpaired) electrons. The number of nitrogens with one attached hydrogen (secondary N) is 1. The Balaban J connectivity index is 3.25. The highest BCUT2D eigenvalue weighted by molar-refractivity contribution is 4.61. The lowest BCUT2D eigenvalue weighted by Gasteiger charge is -2.13. The van der Waals surface area contributed by atoms with Crippen LogP contribution >= 0.6 is 0 Å². The molecule has 0 aliphatic carbocycles. The molecule has 5 heteroatoms. The Labute approximate surface area is 89.2 Å². The van der Waals surface area contributed by atoms with Gasteiger partial charge in [-0.05, 0) is 32.7 Å². The van der Waals surface area contributed by atoms with Crippen molar-refractivity contribution in [2.24, 2.45) is 0 Å². The molecule has 0 aliphatic rings. The number of ether oxygens (including phenoxy) is 1. The summed E-state index contributed by atoms with van der Waals surface area (Å²) < 4.78 is 39.5. The molecule has 0 aliphatic heterocycles. The van der Waals surface area contributed by atoms with Crippen LogP contribution in [0.2, 0.25) is 0 Å². The third-order valence-corrected chi connectivity index (χ3v) is 2.26. The fourth-order valence-corrected chi connectivity index (χ4v) is 1.34. The SMILES string of the molecule is CCC(CCCCOCC(F)(F)F)NC. The van der Waals surface area contributed by atoms with E-state index < -0.39 is 12.8 Å². The van der Waals surface area contributed by atoms with Gasteiger partial charge in [0.2, 0.25) is 0 Å². The molecular weight excluding hydrogens is 207 g/mol. The van der Waals surface area contributed by atoms with Gasteiger partial charge in [0.1, 0.15) is 6.61 Å². The number of alkyl halides is 3. The van der Waals surface area contributed by atoms with Crippen molar-refractivity contribution in [3.05, 3.63) is 0 Å². The molecule has 0 aromatic heterocycles. The molecule has 1 atom stereocenters. The summed E-state index contributed by atoms with van der Waals surface area (Å²) in [6.07, 6.45) is -0.579. The Morgan fingerprint density at radius 2 is 1.93 bits per heavy atom. The van der Waals surface area contributed by atoms with Gasteiger partial charge in [0.05, 0.1) is 0 Å². The minimum Gasteiger partial charge on any atom is -0.372 e. The van der Waals surface area contributed by atoms with Gasteiger partial charge in [0.25, 0.3) is 0 Å². The molecule has 0 rings (SSSR count). The van der Waals surface area contributed by atoms with Crippen LogP contribution in [0.5, 0.6) is 0 Å². The quantitative estimate of drug-likeness (QED) is 0.644. The molecule has 2 nitrogen and oxygen atoms in total. The van der Waals surface area contributed by atoms with Crippen LogP contribution in [0.3, 0.4) is 0 Å². The summed E-state index contributed by atoms with van der Waals surface area (Å²) in [5, 5.41) is 3.15. The first-order valence-corrected chi connectivity index (χ1v) is 5.31. The standard InChI is InChI=1S/C10H20F3NO/c1-3-9(14-2)6-4-5-7-15-8-10(11,12)13/h9,14H,3-8H2,1-2H3. The van der Waals surface area contributed by atoms with Crippen molar-refractivity contribution >= 4 is 0 Å². The smallest absolute Gasteiger partial charge is 0.372 e. The number of hydrogen-bond donors (Lipinski definition) is 1. The minimum absolute atomic E-state index is 0.194. The lowest BCUT2D eigenvalue weighted by atomic mass is 10.1. The van der Waals surface area contributed by atoms with E-state index in [4.69, 9.17) is 0 Å². The van der Waals surface area contributed by atoms with E-state index in [0.717, 1.165) is 19.3 Å². The van der Waals surface area contributed by atoms with Gasteiger partial charge < -0.3 is 10.1 Å².